The van der Waals surface area contributed by atoms with Crippen molar-refractivity contribution in [3.8, 4) is 0 Å². The van der Waals surface area contributed by atoms with Crippen molar-refractivity contribution in [3.05, 3.63) is 0 Å². The van der Waals surface area contributed by atoms with E-state index in [0.29, 0.717) is 12.8 Å². The molecule has 1 fully saturated rings. The number of rotatable bonds is 1. The van der Waals surface area contributed by atoms with Crippen LogP contribution in [-0.2, 0) is 9.53 Å². The molecule has 0 atom stereocenters. The quantitative estimate of drug-likeness (QED) is 0.710. The molecule has 4 nitrogen and oxygen atoms in total. The fraction of sp³-hybridized carbons (Fsp3) is 0.857. The topological polar surface area (TPSA) is 72.5 Å². The lowest BCUT2D eigenvalue weighted by molar-refractivity contribution is -0.351. The zero-order valence-corrected chi connectivity index (χ0v) is 8.18. The van der Waals surface area contributed by atoms with Crippen LogP contribution in [0, 0.1) is 0 Å². The van der Waals surface area contributed by atoms with Gasteiger partial charge < -0.3 is 10.8 Å². The highest BCUT2D eigenvalue weighted by atomic mass is 19.4. The fourth-order valence-electron chi connectivity index (χ4n) is 0.892. The van der Waals surface area contributed by atoms with Crippen molar-refractivity contribution in [1.29, 1.82) is 0 Å². The molecular weight excluding hydrogens is 260 g/mol. The van der Waals surface area contributed by atoms with Crippen LogP contribution in [0.2, 0.25) is 0 Å². The Labute approximate surface area is 91.3 Å². The molecule has 0 bridgehead atoms. The SMILES string of the molecule is NC1CC(OC(F)(F)F)C1.O=C(O)C(F)(F)F. The van der Waals surface area contributed by atoms with Crippen LogP contribution in [0.3, 0.4) is 0 Å². The van der Waals surface area contributed by atoms with Crippen LogP contribution < -0.4 is 5.73 Å². The van der Waals surface area contributed by atoms with Crippen LogP contribution in [0.1, 0.15) is 12.8 Å². The van der Waals surface area contributed by atoms with E-state index in [1.165, 1.54) is 0 Å². The van der Waals surface area contributed by atoms with Crippen molar-refractivity contribution in [2.75, 3.05) is 0 Å². The molecule has 17 heavy (non-hydrogen) atoms. The monoisotopic (exact) mass is 269 g/mol. The lowest BCUT2D eigenvalue weighted by Crippen LogP contribution is -2.44. The van der Waals surface area contributed by atoms with Crippen LogP contribution in [0.15, 0.2) is 0 Å². The number of hydrogen-bond donors (Lipinski definition) is 2. The van der Waals surface area contributed by atoms with Crippen molar-refractivity contribution in [2.24, 2.45) is 5.73 Å². The van der Waals surface area contributed by atoms with Crippen LogP contribution in [0.5, 0.6) is 0 Å². The van der Waals surface area contributed by atoms with Gasteiger partial charge in [-0.3, -0.25) is 4.74 Å². The van der Waals surface area contributed by atoms with Crippen LogP contribution >= 0.6 is 0 Å². The summed E-state index contributed by atoms with van der Waals surface area (Å²) in [4.78, 5) is 8.90. The lowest BCUT2D eigenvalue weighted by Gasteiger charge is -2.32. The number of carboxylic acid groups (broad SMARTS) is 1. The van der Waals surface area contributed by atoms with Gasteiger partial charge in [0.15, 0.2) is 0 Å². The van der Waals surface area contributed by atoms with Gasteiger partial charge in [0.25, 0.3) is 0 Å². The number of alkyl halides is 6. The molecule has 1 saturated carbocycles. The second kappa shape index (κ2) is 5.54. The molecule has 0 unspecified atom stereocenters. The smallest absolute Gasteiger partial charge is 0.475 e. The van der Waals surface area contributed by atoms with Gasteiger partial charge in [0.05, 0.1) is 6.10 Å². The van der Waals surface area contributed by atoms with E-state index in [2.05, 4.69) is 4.74 Å². The summed E-state index contributed by atoms with van der Waals surface area (Å²) in [7, 11) is 0. The first kappa shape index (κ1) is 16.0. The van der Waals surface area contributed by atoms with E-state index in [1.54, 1.807) is 0 Å². The van der Waals surface area contributed by atoms with Crippen molar-refractivity contribution in [3.63, 3.8) is 0 Å². The summed E-state index contributed by atoms with van der Waals surface area (Å²) < 4.78 is 69.6. The van der Waals surface area contributed by atoms with E-state index >= 15 is 0 Å². The maximum absolute atomic E-state index is 11.4. The Hall–Kier alpha value is -1.03. The minimum Gasteiger partial charge on any atom is -0.475 e. The highest BCUT2D eigenvalue weighted by Gasteiger charge is 2.39. The maximum atomic E-state index is 11.4. The molecule has 10 heteroatoms. The van der Waals surface area contributed by atoms with E-state index in [-0.39, 0.29) is 6.04 Å². The summed E-state index contributed by atoms with van der Waals surface area (Å²) in [5, 5.41) is 7.12. The van der Waals surface area contributed by atoms with E-state index in [9.17, 15) is 26.3 Å². The van der Waals surface area contributed by atoms with Crippen LogP contribution in [-0.4, -0.2) is 35.8 Å². The Morgan fingerprint density at radius 3 is 1.71 bits per heavy atom. The molecule has 0 aromatic carbocycles. The Balaban J connectivity index is 0.000000325. The molecule has 1 aliphatic rings. The second-order valence-corrected chi connectivity index (χ2v) is 3.22. The predicted molar refractivity (Wildman–Crippen MR) is 41.8 cm³/mol. The summed E-state index contributed by atoms with van der Waals surface area (Å²) >= 11 is 0. The van der Waals surface area contributed by atoms with Crippen molar-refractivity contribution in [2.45, 2.75) is 37.5 Å². The number of nitrogens with two attached hydrogens (primary N) is 1. The minimum absolute atomic E-state index is 0.104. The summed E-state index contributed by atoms with van der Waals surface area (Å²) in [5.41, 5.74) is 5.24. The van der Waals surface area contributed by atoms with Crippen LogP contribution in [0.25, 0.3) is 0 Å². The first-order valence-corrected chi connectivity index (χ1v) is 4.22. The van der Waals surface area contributed by atoms with Crippen LogP contribution in [0.4, 0.5) is 26.3 Å². The van der Waals surface area contributed by atoms with Crippen molar-refractivity contribution in [1.82, 2.24) is 0 Å². The molecule has 0 amide bonds. The Kier molecular flexibility index (Phi) is 5.20. The van der Waals surface area contributed by atoms with Crippen molar-refractivity contribution >= 4 is 5.97 Å². The summed E-state index contributed by atoms with van der Waals surface area (Å²) in [6.07, 6.45) is -9.64. The second-order valence-electron chi connectivity index (χ2n) is 3.22. The van der Waals surface area contributed by atoms with Gasteiger partial charge >= 0.3 is 18.5 Å². The zero-order valence-electron chi connectivity index (χ0n) is 8.18. The molecular formula is C7H9F6NO3. The number of carboxylic acids is 1. The third-order valence-corrected chi connectivity index (χ3v) is 1.67. The molecule has 3 N–H and O–H groups in total. The number of hydrogen-bond acceptors (Lipinski definition) is 3. The third kappa shape index (κ3) is 7.80. The molecule has 0 radical (unpaired) electrons. The molecule has 0 aromatic rings. The lowest BCUT2D eigenvalue weighted by atomic mass is 9.90. The number of carbonyl (C=O) groups is 1. The molecule has 102 valence electrons. The average molecular weight is 269 g/mol. The van der Waals surface area contributed by atoms with Gasteiger partial charge in [0.1, 0.15) is 0 Å². The summed E-state index contributed by atoms with van der Waals surface area (Å²) in [6, 6.07) is -0.104. The Bertz CT molecular complexity index is 257. The maximum Gasteiger partial charge on any atom is 0.522 e. The molecule has 0 spiro atoms. The van der Waals surface area contributed by atoms with Gasteiger partial charge in [-0.2, -0.15) is 13.2 Å². The standard InChI is InChI=1S/C5H8F3NO.C2HF3O2/c6-5(7,8)10-4-1-3(9)2-4;3-2(4,5)1(6)7/h3-4H,1-2,9H2;(H,6,7). The number of halogens is 6. The highest BCUT2D eigenvalue weighted by molar-refractivity contribution is 5.73. The van der Waals surface area contributed by atoms with E-state index in [1.807, 2.05) is 0 Å². The Morgan fingerprint density at radius 1 is 1.18 bits per heavy atom. The molecule has 1 rings (SSSR count). The number of aliphatic carboxylic acids is 1. The van der Waals surface area contributed by atoms with Crippen molar-refractivity contribution < 1.29 is 41.0 Å². The zero-order chi connectivity index (χ0) is 13.9. The average Bonchev–Trinajstić information content (AvgIpc) is 1.97. The number of ether oxygens (including phenoxy) is 1. The van der Waals surface area contributed by atoms with Gasteiger partial charge in [-0.15, -0.1) is 13.2 Å². The molecule has 0 saturated heterocycles. The molecule has 0 aliphatic heterocycles. The minimum atomic E-state index is -5.08. The molecule has 0 aromatic heterocycles. The summed E-state index contributed by atoms with van der Waals surface area (Å²) in [5.74, 6) is -2.76. The largest absolute Gasteiger partial charge is 0.522 e. The first-order chi connectivity index (χ1) is 7.42. The van der Waals surface area contributed by atoms with E-state index in [4.69, 9.17) is 15.6 Å². The van der Waals surface area contributed by atoms with Gasteiger partial charge in [-0.1, -0.05) is 0 Å². The van der Waals surface area contributed by atoms with E-state index in [0.717, 1.165) is 0 Å². The Morgan fingerprint density at radius 2 is 1.53 bits per heavy atom. The third-order valence-electron chi connectivity index (χ3n) is 1.67. The first-order valence-electron chi connectivity index (χ1n) is 4.22. The normalized spacial score (nSPS) is 24.4. The molecule has 1 aliphatic carbocycles. The predicted octanol–water partition coefficient (Wildman–Crippen LogP) is 1.65. The molecule has 0 heterocycles. The fourth-order valence-corrected chi connectivity index (χ4v) is 0.892. The van der Waals surface area contributed by atoms with Gasteiger partial charge in [0.2, 0.25) is 0 Å². The summed E-state index contributed by atoms with van der Waals surface area (Å²) in [6.45, 7) is 0. The van der Waals surface area contributed by atoms with E-state index < -0.39 is 24.6 Å². The van der Waals surface area contributed by atoms with Gasteiger partial charge in [-0.05, 0) is 12.8 Å². The van der Waals surface area contributed by atoms with Gasteiger partial charge in [0, 0.05) is 6.04 Å². The highest BCUT2D eigenvalue weighted by Crippen LogP contribution is 2.28. The van der Waals surface area contributed by atoms with Gasteiger partial charge in [-0.25, -0.2) is 4.79 Å².